The number of carbonyl (C=O) groups is 1. The number of rotatable bonds is 5. The number of anilines is 1. The number of nitrogens with zero attached hydrogens (tertiary/aromatic N) is 3. The lowest BCUT2D eigenvalue weighted by Crippen LogP contribution is -2.38. The first-order valence-electron chi connectivity index (χ1n) is 9.70. The van der Waals surface area contributed by atoms with Crippen LogP contribution in [0.2, 0.25) is 0 Å². The summed E-state index contributed by atoms with van der Waals surface area (Å²) in [5.74, 6) is -2.16. The van der Waals surface area contributed by atoms with E-state index in [9.17, 15) is 30.8 Å². The van der Waals surface area contributed by atoms with Crippen molar-refractivity contribution in [3.63, 3.8) is 0 Å². The summed E-state index contributed by atoms with van der Waals surface area (Å²) in [4.78, 5) is 17.0. The molecule has 1 aliphatic heterocycles. The second kappa shape index (κ2) is 8.18. The summed E-state index contributed by atoms with van der Waals surface area (Å²) < 4.78 is 81.0. The molecule has 2 unspecified atom stereocenters. The largest absolute Gasteiger partial charge is 0.416 e. The van der Waals surface area contributed by atoms with E-state index in [0.29, 0.717) is 9.87 Å². The number of benzene rings is 2. The number of halogens is 4. The van der Waals surface area contributed by atoms with Crippen molar-refractivity contribution in [1.82, 2.24) is 13.9 Å². The zero-order chi connectivity index (χ0) is 24.0. The lowest BCUT2D eigenvalue weighted by Gasteiger charge is -2.20. The van der Waals surface area contributed by atoms with Gasteiger partial charge in [0.2, 0.25) is 0 Å². The molecule has 0 saturated carbocycles. The average molecular weight is 482 g/mol. The van der Waals surface area contributed by atoms with Gasteiger partial charge >= 0.3 is 6.18 Å². The molecule has 1 N–H and O–H groups in total. The monoisotopic (exact) mass is 482 g/mol. The second-order valence-electron chi connectivity index (χ2n) is 7.61. The third-order valence-electron chi connectivity index (χ3n) is 5.32. The first-order chi connectivity index (χ1) is 15.5. The number of nitrogens with one attached hydrogen (secondary N) is 1. The Kier molecular flexibility index (Phi) is 5.64. The third kappa shape index (κ3) is 4.42. The fourth-order valence-corrected chi connectivity index (χ4v) is 5.10. The number of alkyl halides is 3. The van der Waals surface area contributed by atoms with Crippen LogP contribution >= 0.6 is 0 Å². The zero-order valence-corrected chi connectivity index (χ0v) is 17.9. The van der Waals surface area contributed by atoms with Crippen LogP contribution in [0.25, 0.3) is 0 Å². The van der Waals surface area contributed by atoms with Crippen LogP contribution in [-0.2, 0) is 28.0 Å². The Morgan fingerprint density at radius 2 is 1.82 bits per heavy atom. The number of aromatic nitrogens is 2. The molecule has 1 saturated heterocycles. The molecule has 3 aromatic rings. The van der Waals surface area contributed by atoms with Gasteiger partial charge in [0.1, 0.15) is 11.9 Å². The molecule has 12 heteroatoms. The van der Waals surface area contributed by atoms with Crippen LogP contribution in [0.1, 0.15) is 17.0 Å². The molecule has 2 atom stereocenters. The van der Waals surface area contributed by atoms with E-state index >= 15 is 0 Å². The molecule has 1 aromatic heterocycles. The van der Waals surface area contributed by atoms with E-state index in [0.717, 1.165) is 24.3 Å². The maximum Gasteiger partial charge on any atom is 0.416 e. The highest BCUT2D eigenvalue weighted by atomic mass is 32.2. The molecule has 2 heterocycles. The molecule has 1 amide bonds. The molecule has 1 fully saturated rings. The summed E-state index contributed by atoms with van der Waals surface area (Å²) >= 11 is 0. The predicted octanol–water partition coefficient (Wildman–Crippen LogP) is 3.37. The number of hydrogen-bond donors (Lipinski definition) is 1. The van der Waals surface area contributed by atoms with E-state index in [-0.39, 0.29) is 17.3 Å². The Labute approximate surface area is 186 Å². The molecule has 0 aliphatic carbocycles. The zero-order valence-electron chi connectivity index (χ0n) is 17.1. The van der Waals surface area contributed by atoms with E-state index < -0.39 is 45.4 Å². The first-order valence-corrected chi connectivity index (χ1v) is 11.1. The van der Waals surface area contributed by atoms with E-state index in [2.05, 4.69) is 10.3 Å². The number of hydrogen-bond acceptors (Lipinski definition) is 5. The summed E-state index contributed by atoms with van der Waals surface area (Å²) in [5.41, 5.74) is -0.477. The van der Waals surface area contributed by atoms with Gasteiger partial charge < -0.3 is 9.88 Å². The fourth-order valence-electron chi connectivity index (χ4n) is 3.69. The highest BCUT2D eigenvalue weighted by molar-refractivity contribution is 7.89. The minimum atomic E-state index is -4.60. The number of carbonyl (C=O) groups excluding carboxylic acids is 1. The topological polar surface area (TPSA) is 84.3 Å². The van der Waals surface area contributed by atoms with E-state index in [1.54, 1.807) is 7.05 Å². The van der Waals surface area contributed by atoms with E-state index in [1.165, 1.54) is 41.4 Å². The second-order valence-corrected chi connectivity index (χ2v) is 9.42. The maximum absolute atomic E-state index is 13.4. The summed E-state index contributed by atoms with van der Waals surface area (Å²) in [7, 11) is -2.75. The summed E-state index contributed by atoms with van der Waals surface area (Å²) in [6.07, 6.45) is -2.09. The van der Waals surface area contributed by atoms with Gasteiger partial charge in [-0.2, -0.15) is 21.6 Å². The van der Waals surface area contributed by atoms with E-state index in [4.69, 9.17) is 0 Å². The molecule has 0 spiro atoms. The van der Waals surface area contributed by atoms with Crippen molar-refractivity contribution in [2.75, 3.05) is 11.9 Å². The molecule has 0 radical (unpaired) electrons. The standard InChI is InChI=1S/C21H18F4N4O3S/c1-28-11-18(26-12-28)33(31,32)29-10-17(13-5-7-15(22)8-6-13)19(20(29)30)27-16-4-2-3-14(9-16)21(23,24)25/h2-9,11-12,17,19,27H,10H2,1H3. The van der Waals surface area contributed by atoms with E-state index in [1.807, 2.05) is 0 Å². The number of aryl methyl sites for hydroxylation is 1. The number of sulfonamides is 1. The van der Waals surface area contributed by atoms with Crippen molar-refractivity contribution in [2.45, 2.75) is 23.2 Å². The van der Waals surface area contributed by atoms with Crippen molar-refractivity contribution in [3.05, 3.63) is 78.0 Å². The Balaban J connectivity index is 1.72. The van der Waals surface area contributed by atoms with Crippen LogP contribution in [0.5, 0.6) is 0 Å². The average Bonchev–Trinajstić information content (AvgIpc) is 3.33. The quantitative estimate of drug-likeness (QED) is 0.564. The highest BCUT2D eigenvalue weighted by Gasteiger charge is 2.47. The van der Waals surface area contributed by atoms with Crippen LogP contribution in [0.4, 0.5) is 23.2 Å². The molecular weight excluding hydrogens is 464 g/mol. The summed E-state index contributed by atoms with van der Waals surface area (Å²) in [6, 6.07) is 8.18. The molecular formula is C21H18F4N4O3S. The predicted molar refractivity (Wildman–Crippen MR) is 110 cm³/mol. The molecule has 4 rings (SSSR count). The van der Waals surface area contributed by atoms with Crippen LogP contribution in [-0.4, -0.2) is 40.8 Å². The molecule has 0 bridgehead atoms. The molecule has 2 aromatic carbocycles. The highest BCUT2D eigenvalue weighted by Crippen LogP contribution is 2.36. The van der Waals surface area contributed by atoms with Gasteiger partial charge in [-0.15, -0.1) is 0 Å². The number of imidazole rings is 1. The van der Waals surface area contributed by atoms with Crippen LogP contribution in [0.15, 0.2) is 66.1 Å². The van der Waals surface area contributed by atoms with Gasteiger partial charge in [-0.1, -0.05) is 18.2 Å². The first kappa shape index (κ1) is 22.8. The third-order valence-corrected chi connectivity index (χ3v) is 6.97. The Hall–Kier alpha value is -3.41. The van der Waals surface area contributed by atoms with Gasteiger partial charge in [-0.3, -0.25) is 4.79 Å². The van der Waals surface area contributed by atoms with Gasteiger partial charge in [0, 0.05) is 31.4 Å². The summed E-state index contributed by atoms with van der Waals surface area (Å²) in [6.45, 7) is -0.292. The van der Waals surface area contributed by atoms with Crippen molar-refractivity contribution < 1.29 is 30.8 Å². The smallest absolute Gasteiger partial charge is 0.373 e. The van der Waals surface area contributed by atoms with Crippen molar-refractivity contribution in [2.24, 2.45) is 7.05 Å². The molecule has 7 nitrogen and oxygen atoms in total. The van der Waals surface area contributed by atoms with Gasteiger partial charge in [-0.05, 0) is 35.9 Å². The lowest BCUT2D eigenvalue weighted by atomic mass is 9.93. The lowest BCUT2D eigenvalue weighted by molar-refractivity contribution is -0.137. The normalized spacial score (nSPS) is 19.2. The summed E-state index contributed by atoms with van der Waals surface area (Å²) in [5, 5.41) is 2.41. The SMILES string of the molecule is Cn1cnc(S(=O)(=O)N2CC(c3ccc(F)cc3)C(Nc3cccc(C(F)(F)F)c3)C2=O)c1. The Morgan fingerprint density at radius 3 is 2.42 bits per heavy atom. The van der Waals surface area contributed by atoms with Gasteiger partial charge in [0.05, 0.1) is 11.9 Å². The number of amides is 1. The van der Waals surface area contributed by atoms with Crippen molar-refractivity contribution in [3.8, 4) is 0 Å². The molecule has 1 aliphatic rings. The molecule has 33 heavy (non-hydrogen) atoms. The van der Waals surface area contributed by atoms with Crippen LogP contribution < -0.4 is 5.32 Å². The maximum atomic E-state index is 13.4. The molecule has 174 valence electrons. The van der Waals surface area contributed by atoms with Crippen molar-refractivity contribution >= 4 is 21.6 Å². The van der Waals surface area contributed by atoms with Gasteiger partial charge in [-0.25, -0.2) is 13.7 Å². The Bertz CT molecular complexity index is 1290. The van der Waals surface area contributed by atoms with Crippen LogP contribution in [0, 0.1) is 5.82 Å². The Morgan fingerprint density at radius 1 is 1.12 bits per heavy atom. The van der Waals surface area contributed by atoms with Gasteiger partial charge in [0.25, 0.3) is 15.9 Å². The van der Waals surface area contributed by atoms with Crippen LogP contribution in [0.3, 0.4) is 0 Å². The van der Waals surface area contributed by atoms with Crippen molar-refractivity contribution in [1.29, 1.82) is 0 Å². The fraction of sp³-hybridized carbons (Fsp3) is 0.238. The minimum absolute atomic E-state index is 0.00706. The minimum Gasteiger partial charge on any atom is -0.373 e. The van der Waals surface area contributed by atoms with Gasteiger partial charge in [0.15, 0.2) is 5.03 Å².